The summed E-state index contributed by atoms with van der Waals surface area (Å²) in [5.41, 5.74) is 3.43. The minimum atomic E-state index is -0.360. The average Bonchev–Trinajstić information content (AvgIpc) is 3.04. The first kappa shape index (κ1) is 17.9. The largest absolute Gasteiger partial charge is 0.391 e. The van der Waals surface area contributed by atoms with Gasteiger partial charge in [-0.1, -0.05) is 31.5 Å². The van der Waals surface area contributed by atoms with Gasteiger partial charge in [0, 0.05) is 42.4 Å². The van der Waals surface area contributed by atoms with E-state index in [0.29, 0.717) is 6.54 Å². The van der Waals surface area contributed by atoms with Crippen LogP contribution >= 0.6 is 0 Å². The van der Waals surface area contributed by atoms with Crippen molar-refractivity contribution in [3.05, 3.63) is 59.7 Å². The summed E-state index contributed by atoms with van der Waals surface area (Å²) in [6.45, 7) is 5.53. The number of aromatic nitrogens is 3. The van der Waals surface area contributed by atoms with Crippen LogP contribution in [-0.4, -0.2) is 39.3 Å². The quantitative estimate of drug-likeness (QED) is 0.754. The van der Waals surface area contributed by atoms with E-state index in [4.69, 9.17) is 4.98 Å². The van der Waals surface area contributed by atoms with Crippen LogP contribution in [0.15, 0.2) is 42.7 Å². The Kier molecular flexibility index (Phi) is 5.03. The summed E-state index contributed by atoms with van der Waals surface area (Å²) in [7, 11) is 0. The first-order chi connectivity index (χ1) is 13.2. The van der Waals surface area contributed by atoms with Crippen molar-refractivity contribution in [2.75, 3.05) is 18.0 Å². The monoisotopic (exact) mass is 362 g/mol. The van der Waals surface area contributed by atoms with Crippen LogP contribution in [0.2, 0.25) is 0 Å². The molecular formula is C22H26N4O. The number of aliphatic hydroxyl groups excluding tert-OH is 1. The highest BCUT2D eigenvalue weighted by Gasteiger charge is 2.33. The number of hydrogen-bond donors (Lipinski definition) is 1. The third-order valence-electron chi connectivity index (χ3n) is 5.41. The highest BCUT2D eigenvalue weighted by Crippen LogP contribution is 2.29. The van der Waals surface area contributed by atoms with E-state index in [1.807, 2.05) is 37.5 Å². The molecule has 27 heavy (non-hydrogen) atoms. The van der Waals surface area contributed by atoms with E-state index in [-0.39, 0.29) is 12.0 Å². The lowest BCUT2D eigenvalue weighted by Crippen LogP contribution is -2.24. The number of fused-ring (bicyclic) bond motifs is 1. The van der Waals surface area contributed by atoms with Crippen LogP contribution in [0.3, 0.4) is 0 Å². The standard InChI is InChI=1S/C22H26N4O/c1-3-6-17-12-24-15(2)25-22(17)26-13-18(21(27)14-26)11-16-9-10-23-20-8-5-4-7-19(16)20/h4-5,7-10,12,18,21,27H,3,6,11,13-14H2,1-2H3/t18-,21-/m1/s1. The molecule has 0 bridgehead atoms. The third kappa shape index (κ3) is 3.65. The van der Waals surface area contributed by atoms with Gasteiger partial charge in [-0.2, -0.15) is 0 Å². The van der Waals surface area contributed by atoms with Gasteiger partial charge in [0.15, 0.2) is 0 Å². The van der Waals surface area contributed by atoms with Crippen LogP contribution in [0.5, 0.6) is 0 Å². The molecule has 1 aliphatic heterocycles. The van der Waals surface area contributed by atoms with Gasteiger partial charge in [0.25, 0.3) is 0 Å². The normalized spacial score (nSPS) is 19.7. The number of hydrogen-bond acceptors (Lipinski definition) is 5. The molecule has 0 radical (unpaired) electrons. The predicted octanol–water partition coefficient (Wildman–Crippen LogP) is 3.33. The third-order valence-corrected chi connectivity index (χ3v) is 5.41. The summed E-state index contributed by atoms with van der Waals surface area (Å²) in [6.07, 6.45) is 6.31. The number of benzene rings is 1. The van der Waals surface area contributed by atoms with Crippen molar-refractivity contribution in [1.29, 1.82) is 0 Å². The second kappa shape index (κ2) is 7.61. The number of para-hydroxylation sites is 1. The zero-order chi connectivity index (χ0) is 18.8. The van der Waals surface area contributed by atoms with E-state index >= 15 is 0 Å². The number of aryl methyl sites for hydroxylation is 2. The van der Waals surface area contributed by atoms with Gasteiger partial charge >= 0.3 is 0 Å². The van der Waals surface area contributed by atoms with Crippen molar-refractivity contribution < 1.29 is 5.11 Å². The van der Waals surface area contributed by atoms with Gasteiger partial charge < -0.3 is 10.0 Å². The molecule has 5 heteroatoms. The maximum Gasteiger partial charge on any atom is 0.135 e. The maximum absolute atomic E-state index is 10.7. The Morgan fingerprint density at radius 1 is 1.11 bits per heavy atom. The first-order valence-corrected chi connectivity index (χ1v) is 9.74. The van der Waals surface area contributed by atoms with Crippen LogP contribution < -0.4 is 4.90 Å². The predicted molar refractivity (Wildman–Crippen MR) is 108 cm³/mol. The molecule has 3 heterocycles. The highest BCUT2D eigenvalue weighted by atomic mass is 16.3. The molecule has 4 rings (SSSR count). The Labute approximate surface area is 160 Å². The minimum Gasteiger partial charge on any atom is -0.391 e. The Morgan fingerprint density at radius 3 is 2.81 bits per heavy atom. The second-order valence-electron chi connectivity index (χ2n) is 7.44. The van der Waals surface area contributed by atoms with Crippen molar-refractivity contribution >= 4 is 16.7 Å². The fourth-order valence-corrected chi connectivity index (χ4v) is 4.05. The Bertz CT molecular complexity index is 937. The summed E-state index contributed by atoms with van der Waals surface area (Å²) >= 11 is 0. The zero-order valence-electron chi connectivity index (χ0n) is 16.0. The van der Waals surface area contributed by atoms with Crippen molar-refractivity contribution in [3.8, 4) is 0 Å². The molecule has 1 aromatic carbocycles. The fraction of sp³-hybridized carbons (Fsp3) is 0.409. The molecule has 5 nitrogen and oxygen atoms in total. The van der Waals surface area contributed by atoms with E-state index in [0.717, 1.165) is 43.0 Å². The van der Waals surface area contributed by atoms with Crippen LogP contribution in [0.4, 0.5) is 5.82 Å². The highest BCUT2D eigenvalue weighted by molar-refractivity contribution is 5.81. The number of β-amino-alcohol motifs (C(OH)–C–C–N with tert-alkyl or cyclic N) is 1. The first-order valence-electron chi connectivity index (χ1n) is 9.74. The van der Waals surface area contributed by atoms with E-state index in [9.17, 15) is 5.11 Å². The van der Waals surface area contributed by atoms with E-state index in [1.54, 1.807) is 0 Å². The van der Waals surface area contributed by atoms with Crippen molar-refractivity contribution in [1.82, 2.24) is 15.0 Å². The van der Waals surface area contributed by atoms with Gasteiger partial charge in [-0.25, -0.2) is 9.97 Å². The van der Waals surface area contributed by atoms with Crippen molar-refractivity contribution in [2.45, 2.75) is 39.2 Å². The number of pyridine rings is 1. The van der Waals surface area contributed by atoms with Crippen molar-refractivity contribution in [2.24, 2.45) is 5.92 Å². The van der Waals surface area contributed by atoms with Gasteiger partial charge in [0.1, 0.15) is 11.6 Å². The number of nitrogens with zero attached hydrogens (tertiary/aromatic N) is 4. The average molecular weight is 362 g/mol. The van der Waals surface area contributed by atoms with Crippen LogP contribution in [0, 0.1) is 12.8 Å². The van der Waals surface area contributed by atoms with Crippen molar-refractivity contribution in [3.63, 3.8) is 0 Å². The summed E-state index contributed by atoms with van der Waals surface area (Å²) in [6, 6.07) is 10.3. The van der Waals surface area contributed by atoms with Gasteiger partial charge in [-0.15, -0.1) is 0 Å². The summed E-state index contributed by atoms with van der Waals surface area (Å²) in [5, 5.41) is 11.9. The molecule has 3 aromatic rings. The van der Waals surface area contributed by atoms with E-state index < -0.39 is 0 Å². The molecule has 0 spiro atoms. The molecular weight excluding hydrogens is 336 g/mol. The summed E-state index contributed by atoms with van der Waals surface area (Å²) in [4.78, 5) is 15.7. The van der Waals surface area contributed by atoms with E-state index in [1.165, 1.54) is 16.5 Å². The minimum absolute atomic E-state index is 0.181. The fourth-order valence-electron chi connectivity index (χ4n) is 4.05. The number of rotatable bonds is 5. The van der Waals surface area contributed by atoms with Gasteiger partial charge in [0.05, 0.1) is 11.6 Å². The lowest BCUT2D eigenvalue weighted by Gasteiger charge is -2.20. The molecule has 1 saturated heterocycles. The molecule has 1 aliphatic rings. The second-order valence-corrected chi connectivity index (χ2v) is 7.44. The molecule has 1 fully saturated rings. The molecule has 2 atom stereocenters. The van der Waals surface area contributed by atoms with E-state index in [2.05, 4.69) is 33.9 Å². The zero-order valence-corrected chi connectivity index (χ0v) is 16.0. The molecule has 1 N–H and O–H groups in total. The van der Waals surface area contributed by atoms with Crippen LogP contribution in [0.25, 0.3) is 10.9 Å². The van der Waals surface area contributed by atoms with Gasteiger partial charge in [0.2, 0.25) is 0 Å². The molecule has 0 amide bonds. The van der Waals surface area contributed by atoms with Gasteiger partial charge in [-0.3, -0.25) is 4.98 Å². The molecule has 0 aliphatic carbocycles. The Hall–Kier alpha value is -2.53. The molecule has 0 saturated carbocycles. The Morgan fingerprint density at radius 2 is 1.96 bits per heavy atom. The van der Waals surface area contributed by atoms with Crippen LogP contribution in [-0.2, 0) is 12.8 Å². The molecule has 140 valence electrons. The topological polar surface area (TPSA) is 62.1 Å². The maximum atomic E-state index is 10.7. The number of anilines is 1. The molecule has 0 unspecified atom stereocenters. The lowest BCUT2D eigenvalue weighted by molar-refractivity contribution is 0.148. The van der Waals surface area contributed by atoms with Crippen LogP contribution in [0.1, 0.15) is 30.3 Å². The SMILES string of the molecule is CCCc1cnc(C)nc1N1C[C@@H](Cc2ccnc3ccccc23)[C@H](O)C1. The molecule has 2 aromatic heterocycles. The number of aliphatic hydroxyl groups is 1. The van der Waals surface area contributed by atoms with Gasteiger partial charge in [-0.05, 0) is 37.5 Å². The summed E-state index contributed by atoms with van der Waals surface area (Å²) in [5.74, 6) is 1.95. The smallest absolute Gasteiger partial charge is 0.135 e. The summed E-state index contributed by atoms with van der Waals surface area (Å²) < 4.78 is 0. The lowest BCUT2D eigenvalue weighted by atomic mass is 9.94. The Balaban J connectivity index is 1.58.